The topological polar surface area (TPSA) is 52.6 Å². The van der Waals surface area contributed by atoms with Crippen LogP contribution in [0.4, 0.5) is 0 Å². The van der Waals surface area contributed by atoms with Gasteiger partial charge in [-0.1, -0.05) is 0 Å². The Labute approximate surface area is 130 Å². The second-order valence-corrected chi connectivity index (χ2v) is 35.2. The summed E-state index contributed by atoms with van der Waals surface area (Å²) in [5, 5.41) is 0. The van der Waals surface area contributed by atoms with Gasteiger partial charge in [0.25, 0.3) is 0 Å². The van der Waals surface area contributed by atoms with Crippen LogP contribution < -0.4 is 0 Å². The van der Waals surface area contributed by atoms with E-state index in [1.54, 1.807) is 0 Å². The van der Waals surface area contributed by atoms with Gasteiger partial charge in [-0.25, -0.2) is 0 Å². The first kappa shape index (κ1) is 18.5. The van der Waals surface area contributed by atoms with Crippen LogP contribution in [0, 0.1) is 5.41 Å². The van der Waals surface area contributed by atoms with Gasteiger partial charge >= 0.3 is 131 Å². The molecule has 0 spiro atoms. The SMILES string of the molecule is COC(=O)CCC1(C(=O)OC)CC[S][Sn]([CH3])([CH3])[S]CC1. The first-order valence-corrected chi connectivity index (χ1v) is 21.5. The van der Waals surface area contributed by atoms with Crippen LogP contribution in [0.3, 0.4) is 0 Å². The summed E-state index contributed by atoms with van der Waals surface area (Å²) >= 11 is -1.97. The van der Waals surface area contributed by atoms with E-state index in [0.717, 1.165) is 24.3 Å². The molecule has 4 nitrogen and oxygen atoms in total. The van der Waals surface area contributed by atoms with Gasteiger partial charge in [-0.15, -0.1) is 0 Å². The summed E-state index contributed by atoms with van der Waals surface area (Å²) in [6.07, 6.45) is 2.43. The molecular formula is C13H24O4S2Sn. The van der Waals surface area contributed by atoms with Crippen molar-refractivity contribution in [3.05, 3.63) is 0 Å². The molecule has 0 unspecified atom stereocenters. The molecule has 1 heterocycles. The molecule has 1 rings (SSSR count). The van der Waals surface area contributed by atoms with Crippen LogP contribution in [-0.4, -0.2) is 53.3 Å². The summed E-state index contributed by atoms with van der Waals surface area (Å²) in [5.41, 5.74) is -0.509. The van der Waals surface area contributed by atoms with Crippen LogP contribution in [0.1, 0.15) is 25.7 Å². The molecule has 0 radical (unpaired) electrons. The van der Waals surface area contributed by atoms with E-state index >= 15 is 0 Å². The number of carbonyl (C=O) groups is 2. The molecule has 116 valence electrons. The third-order valence-corrected chi connectivity index (χ3v) is 26.1. The molecule has 0 aromatic rings. The Morgan fingerprint density at radius 1 is 1.10 bits per heavy atom. The number of carbonyl (C=O) groups excluding carboxylic acids is 2. The third kappa shape index (κ3) is 5.33. The average Bonchev–Trinajstić information content (AvgIpc) is 2.40. The van der Waals surface area contributed by atoms with Gasteiger partial charge in [0.05, 0.1) is 0 Å². The van der Waals surface area contributed by atoms with E-state index in [4.69, 9.17) is 9.47 Å². The molecule has 0 atom stereocenters. The van der Waals surface area contributed by atoms with Gasteiger partial charge in [-0.2, -0.15) is 0 Å². The molecule has 7 heteroatoms. The van der Waals surface area contributed by atoms with Crippen LogP contribution in [-0.2, 0) is 19.1 Å². The minimum absolute atomic E-state index is 0.169. The zero-order valence-electron chi connectivity index (χ0n) is 12.7. The number of hydrogen-bond acceptors (Lipinski definition) is 6. The molecule has 0 aromatic carbocycles. The van der Waals surface area contributed by atoms with Crippen molar-refractivity contribution in [1.29, 1.82) is 0 Å². The average molecular weight is 427 g/mol. The van der Waals surface area contributed by atoms with Crippen LogP contribution in [0.25, 0.3) is 0 Å². The Hall–Kier alpha value is 0.439. The van der Waals surface area contributed by atoms with E-state index in [-0.39, 0.29) is 18.4 Å². The first-order valence-electron chi connectivity index (χ1n) is 6.78. The molecule has 0 N–H and O–H groups in total. The first-order chi connectivity index (χ1) is 9.35. The van der Waals surface area contributed by atoms with Crippen molar-refractivity contribution in [3.8, 4) is 0 Å². The predicted octanol–water partition coefficient (Wildman–Crippen LogP) is 3.06. The van der Waals surface area contributed by atoms with Crippen molar-refractivity contribution >= 4 is 45.4 Å². The van der Waals surface area contributed by atoms with E-state index in [1.165, 1.54) is 14.2 Å². The summed E-state index contributed by atoms with van der Waals surface area (Å²) in [4.78, 5) is 28.5. The molecule has 0 bridgehead atoms. The number of ether oxygens (including phenoxy) is 2. The molecule has 20 heavy (non-hydrogen) atoms. The van der Waals surface area contributed by atoms with Crippen molar-refractivity contribution in [2.75, 3.05) is 25.7 Å². The number of esters is 2. The van der Waals surface area contributed by atoms with Crippen molar-refractivity contribution < 1.29 is 19.1 Å². The normalized spacial score (nSPS) is 21.4. The fraction of sp³-hybridized carbons (Fsp3) is 0.846. The molecule has 0 aromatic heterocycles. The van der Waals surface area contributed by atoms with Gasteiger partial charge < -0.3 is 0 Å². The number of rotatable bonds is 4. The van der Waals surface area contributed by atoms with E-state index in [2.05, 4.69) is 27.8 Å². The van der Waals surface area contributed by atoms with Gasteiger partial charge in [-0.3, -0.25) is 0 Å². The Bertz CT molecular complexity index is 348. The Balaban J connectivity index is 2.77. The van der Waals surface area contributed by atoms with Crippen molar-refractivity contribution in [2.45, 2.75) is 35.6 Å². The molecule has 0 saturated carbocycles. The molecule has 1 aliphatic heterocycles. The van der Waals surface area contributed by atoms with Gasteiger partial charge in [0.15, 0.2) is 0 Å². The Morgan fingerprint density at radius 3 is 2.10 bits per heavy atom. The van der Waals surface area contributed by atoms with Gasteiger partial charge in [0, 0.05) is 0 Å². The van der Waals surface area contributed by atoms with Gasteiger partial charge in [-0.05, 0) is 0 Å². The third-order valence-electron chi connectivity index (χ3n) is 3.71. The maximum absolute atomic E-state index is 12.2. The Kier molecular flexibility index (Phi) is 7.55. The van der Waals surface area contributed by atoms with Crippen LogP contribution >= 0.6 is 17.9 Å². The van der Waals surface area contributed by atoms with Crippen LogP contribution in [0.15, 0.2) is 0 Å². The van der Waals surface area contributed by atoms with E-state index in [1.807, 2.05) is 0 Å². The summed E-state index contributed by atoms with van der Waals surface area (Å²) in [5.74, 6) is 1.56. The van der Waals surface area contributed by atoms with Crippen LogP contribution in [0.2, 0.25) is 9.88 Å². The van der Waals surface area contributed by atoms with Gasteiger partial charge in [0.1, 0.15) is 0 Å². The van der Waals surface area contributed by atoms with Crippen molar-refractivity contribution in [1.82, 2.24) is 0 Å². The van der Waals surface area contributed by atoms with Crippen LogP contribution in [0.5, 0.6) is 0 Å². The van der Waals surface area contributed by atoms with E-state index in [9.17, 15) is 9.59 Å². The summed E-state index contributed by atoms with van der Waals surface area (Å²) in [7, 11) is 6.97. The van der Waals surface area contributed by atoms with E-state index in [0.29, 0.717) is 6.42 Å². The summed E-state index contributed by atoms with van der Waals surface area (Å²) in [6, 6.07) is 0. The zero-order valence-corrected chi connectivity index (χ0v) is 17.2. The van der Waals surface area contributed by atoms with Crippen molar-refractivity contribution in [2.24, 2.45) is 5.41 Å². The zero-order chi connectivity index (χ0) is 15.2. The van der Waals surface area contributed by atoms with Crippen molar-refractivity contribution in [3.63, 3.8) is 0 Å². The van der Waals surface area contributed by atoms with Gasteiger partial charge in [0.2, 0.25) is 0 Å². The molecule has 1 aliphatic rings. The molecular weight excluding hydrogens is 403 g/mol. The second-order valence-electron chi connectivity index (χ2n) is 5.44. The quantitative estimate of drug-likeness (QED) is 0.508. The number of methoxy groups -OCH3 is 2. The maximum atomic E-state index is 12.2. The van der Waals surface area contributed by atoms with E-state index < -0.39 is 21.0 Å². The summed E-state index contributed by atoms with van der Waals surface area (Å²) < 4.78 is 9.71. The Morgan fingerprint density at radius 2 is 1.65 bits per heavy atom. The standard InChI is InChI=1S/C11H20O4S2.2CH3.Sn/c1-14-9(12)3-4-11(5-7-16,6-8-17)10(13)15-2;;;/h16-17H,3-8H2,1-2H3;2*1H3;/q;;;+2/p-2. The fourth-order valence-electron chi connectivity index (χ4n) is 2.37. The molecule has 0 aliphatic carbocycles. The monoisotopic (exact) mass is 428 g/mol. The number of hydrogen-bond donors (Lipinski definition) is 0. The fourth-order valence-corrected chi connectivity index (χ4v) is 20.3. The minimum atomic E-state index is -1.97. The molecule has 0 amide bonds. The summed E-state index contributed by atoms with van der Waals surface area (Å²) in [6.45, 7) is 0. The molecule has 1 fully saturated rings. The second kappa shape index (κ2) is 8.17. The molecule has 1 saturated heterocycles. The predicted molar refractivity (Wildman–Crippen MR) is 87.3 cm³/mol.